The van der Waals surface area contributed by atoms with E-state index in [1.807, 2.05) is 0 Å². The maximum Gasteiger partial charge on any atom is 0.126 e. The van der Waals surface area contributed by atoms with Crippen molar-refractivity contribution in [2.75, 3.05) is 18.5 Å². The van der Waals surface area contributed by atoms with Crippen LogP contribution in [0.4, 0.5) is 18.9 Å². The van der Waals surface area contributed by atoms with Crippen molar-refractivity contribution in [2.24, 2.45) is 5.73 Å². The van der Waals surface area contributed by atoms with E-state index < -0.39 is 17.7 Å². The lowest BCUT2D eigenvalue weighted by molar-refractivity contribution is 0.570. The fourth-order valence-corrected chi connectivity index (χ4v) is 2.16. The fraction of sp³-hybridized carbons (Fsp3) is 0.200. The summed E-state index contributed by atoms with van der Waals surface area (Å²) in [5.74, 6) is -1.70. The minimum absolute atomic E-state index is 0.149. The van der Waals surface area contributed by atoms with Crippen molar-refractivity contribution in [1.29, 1.82) is 0 Å². The Kier molecular flexibility index (Phi) is 4.29. The molecule has 106 valence electrons. The molecule has 0 aromatic heterocycles. The van der Waals surface area contributed by atoms with Crippen LogP contribution >= 0.6 is 0 Å². The molecule has 0 fully saturated rings. The number of rotatable bonds is 4. The van der Waals surface area contributed by atoms with E-state index in [-0.39, 0.29) is 12.4 Å². The van der Waals surface area contributed by atoms with Gasteiger partial charge in [0.05, 0.1) is 6.04 Å². The van der Waals surface area contributed by atoms with E-state index >= 15 is 0 Å². The van der Waals surface area contributed by atoms with Gasteiger partial charge in [0.25, 0.3) is 0 Å². The first-order chi connectivity index (χ1) is 9.51. The lowest BCUT2D eigenvalue weighted by Crippen LogP contribution is -2.30. The molecule has 2 aromatic carbocycles. The van der Waals surface area contributed by atoms with Gasteiger partial charge in [-0.3, -0.25) is 0 Å². The molecule has 1 unspecified atom stereocenters. The summed E-state index contributed by atoms with van der Waals surface area (Å²) in [5.41, 5.74) is 6.70. The summed E-state index contributed by atoms with van der Waals surface area (Å²) in [4.78, 5) is 1.69. The van der Waals surface area contributed by atoms with Crippen molar-refractivity contribution in [3.63, 3.8) is 0 Å². The van der Waals surface area contributed by atoms with Gasteiger partial charge in [-0.15, -0.1) is 0 Å². The third kappa shape index (κ3) is 3.11. The highest BCUT2D eigenvalue weighted by atomic mass is 19.1. The number of likely N-dealkylation sites (N-methyl/N-ethyl adjacent to an activating group) is 1. The van der Waals surface area contributed by atoms with E-state index in [9.17, 15) is 13.2 Å². The summed E-state index contributed by atoms with van der Waals surface area (Å²) in [6.07, 6.45) is 0. The Labute approximate surface area is 115 Å². The second-order valence-corrected chi connectivity index (χ2v) is 4.55. The van der Waals surface area contributed by atoms with Crippen molar-refractivity contribution >= 4 is 5.69 Å². The summed E-state index contributed by atoms with van der Waals surface area (Å²) in [5, 5.41) is 0. The molecule has 2 N–H and O–H groups in total. The van der Waals surface area contributed by atoms with Gasteiger partial charge in [0.2, 0.25) is 0 Å². The van der Waals surface area contributed by atoms with Crippen LogP contribution in [0.3, 0.4) is 0 Å². The number of hydrogen-bond acceptors (Lipinski definition) is 2. The quantitative estimate of drug-likeness (QED) is 0.931. The minimum Gasteiger partial charge on any atom is -0.366 e. The Balaban J connectivity index is 2.36. The van der Waals surface area contributed by atoms with Gasteiger partial charge in [-0.2, -0.15) is 0 Å². The minimum atomic E-state index is -0.661. The zero-order chi connectivity index (χ0) is 14.7. The molecule has 2 nitrogen and oxygen atoms in total. The predicted molar refractivity (Wildman–Crippen MR) is 73.0 cm³/mol. The highest BCUT2D eigenvalue weighted by Crippen LogP contribution is 2.26. The first kappa shape index (κ1) is 14.4. The smallest absolute Gasteiger partial charge is 0.126 e. The summed E-state index contributed by atoms with van der Waals surface area (Å²) < 4.78 is 39.8. The Morgan fingerprint density at radius 1 is 1.00 bits per heavy atom. The monoisotopic (exact) mass is 280 g/mol. The fourth-order valence-electron chi connectivity index (χ4n) is 2.16. The van der Waals surface area contributed by atoms with Crippen LogP contribution in [0.5, 0.6) is 0 Å². The molecule has 5 heteroatoms. The first-order valence-electron chi connectivity index (χ1n) is 6.15. The summed E-state index contributed by atoms with van der Waals surface area (Å²) >= 11 is 0. The Morgan fingerprint density at radius 2 is 1.65 bits per heavy atom. The number of halogens is 3. The van der Waals surface area contributed by atoms with E-state index in [1.165, 1.54) is 24.3 Å². The van der Waals surface area contributed by atoms with Crippen molar-refractivity contribution in [3.8, 4) is 0 Å². The van der Waals surface area contributed by atoms with Crippen molar-refractivity contribution < 1.29 is 13.2 Å². The zero-order valence-corrected chi connectivity index (χ0v) is 11.0. The van der Waals surface area contributed by atoms with Gasteiger partial charge in [0.15, 0.2) is 0 Å². The van der Waals surface area contributed by atoms with Crippen LogP contribution in [0.15, 0.2) is 42.5 Å². The summed E-state index contributed by atoms with van der Waals surface area (Å²) in [6.45, 7) is 0.149. The van der Waals surface area contributed by atoms with Crippen LogP contribution in [0.1, 0.15) is 11.6 Å². The van der Waals surface area contributed by atoms with Gasteiger partial charge in [-0.1, -0.05) is 6.07 Å². The maximum absolute atomic E-state index is 13.3. The molecule has 0 saturated heterocycles. The van der Waals surface area contributed by atoms with Crippen LogP contribution in [0.2, 0.25) is 0 Å². The molecule has 0 saturated carbocycles. The average molecular weight is 280 g/mol. The summed E-state index contributed by atoms with van der Waals surface area (Å²) in [7, 11) is 1.70. The molecule has 2 rings (SSSR count). The number of nitrogens with zero attached hydrogens (tertiary/aromatic N) is 1. The van der Waals surface area contributed by atoms with Crippen LogP contribution in [0, 0.1) is 17.5 Å². The number of benzene rings is 2. The molecule has 0 aliphatic rings. The summed E-state index contributed by atoms with van der Waals surface area (Å²) in [6, 6.07) is 8.78. The molecule has 0 aliphatic heterocycles. The standard InChI is InChI=1S/C15H15F3N2/c1-20(14-4-2-3-11(16)8-14)15(9-19)10-5-12(17)7-13(18)6-10/h2-8,15H,9,19H2,1H3. The Bertz CT molecular complexity index is 581. The number of anilines is 1. The third-order valence-corrected chi connectivity index (χ3v) is 3.18. The SMILES string of the molecule is CN(c1cccc(F)c1)C(CN)c1cc(F)cc(F)c1. The van der Waals surface area contributed by atoms with Gasteiger partial charge in [-0.25, -0.2) is 13.2 Å². The average Bonchev–Trinajstić information content (AvgIpc) is 2.38. The largest absolute Gasteiger partial charge is 0.366 e. The van der Waals surface area contributed by atoms with Crippen molar-refractivity contribution in [1.82, 2.24) is 0 Å². The molecule has 0 aliphatic carbocycles. The van der Waals surface area contributed by atoms with Crippen LogP contribution in [-0.4, -0.2) is 13.6 Å². The second kappa shape index (κ2) is 5.96. The second-order valence-electron chi connectivity index (χ2n) is 4.55. The first-order valence-corrected chi connectivity index (χ1v) is 6.15. The van der Waals surface area contributed by atoms with Gasteiger partial charge in [0.1, 0.15) is 17.5 Å². The predicted octanol–water partition coefficient (Wildman–Crippen LogP) is 3.24. The molecule has 0 heterocycles. The molecular weight excluding hydrogens is 265 g/mol. The maximum atomic E-state index is 13.3. The molecule has 1 atom stereocenters. The van der Waals surface area contributed by atoms with Crippen LogP contribution in [-0.2, 0) is 0 Å². The lowest BCUT2D eigenvalue weighted by Gasteiger charge is -2.29. The van der Waals surface area contributed by atoms with Crippen molar-refractivity contribution in [3.05, 3.63) is 65.5 Å². The third-order valence-electron chi connectivity index (χ3n) is 3.18. The van der Waals surface area contributed by atoms with Crippen LogP contribution < -0.4 is 10.6 Å². The van der Waals surface area contributed by atoms with E-state index in [4.69, 9.17) is 5.73 Å². The Hall–Kier alpha value is -2.01. The van der Waals surface area contributed by atoms with Gasteiger partial charge in [-0.05, 0) is 35.9 Å². The van der Waals surface area contributed by atoms with Gasteiger partial charge in [0, 0.05) is 25.3 Å². The molecule has 0 amide bonds. The van der Waals surface area contributed by atoms with Crippen LogP contribution in [0.25, 0.3) is 0 Å². The normalized spacial score (nSPS) is 12.2. The van der Waals surface area contributed by atoms with E-state index in [2.05, 4.69) is 0 Å². The highest BCUT2D eigenvalue weighted by Gasteiger charge is 2.18. The van der Waals surface area contributed by atoms with E-state index in [0.29, 0.717) is 11.3 Å². The number of nitrogens with two attached hydrogens (primary N) is 1. The molecular formula is C15H15F3N2. The molecule has 20 heavy (non-hydrogen) atoms. The van der Waals surface area contributed by atoms with E-state index in [1.54, 1.807) is 24.1 Å². The number of hydrogen-bond donors (Lipinski definition) is 1. The topological polar surface area (TPSA) is 29.3 Å². The molecule has 0 spiro atoms. The molecule has 2 aromatic rings. The zero-order valence-electron chi connectivity index (χ0n) is 11.0. The van der Waals surface area contributed by atoms with Gasteiger partial charge < -0.3 is 10.6 Å². The lowest BCUT2D eigenvalue weighted by atomic mass is 10.0. The van der Waals surface area contributed by atoms with Gasteiger partial charge >= 0.3 is 0 Å². The molecule has 0 radical (unpaired) electrons. The molecule has 0 bridgehead atoms. The Morgan fingerprint density at radius 3 is 2.20 bits per heavy atom. The highest BCUT2D eigenvalue weighted by molar-refractivity contribution is 5.48. The van der Waals surface area contributed by atoms with E-state index in [0.717, 1.165) is 6.07 Å². The van der Waals surface area contributed by atoms with Crippen molar-refractivity contribution in [2.45, 2.75) is 6.04 Å².